The zero-order valence-electron chi connectivity index (χ0n) is 20.1. The van der Waals surface area contributed by atoms with Crippen LogP contribution in [0.2, 0.25) is 0 Å². The van der Waals surface area contributed by atoms with E-state index in [2.05, 4.69) is 0 Å². The number of thiophene rings is 1. The fraction of sp³-hybridized carbons (Fsp3) is 0.407. The average Bonchev–Trinajstić information content (AvgIpc) is 3.36. The molecule has 0 aliphatic rings. The molecule has 0 N–H and O–H groups in total. The molecule has 0 aliphatic carbocycles. The summed E-state index contributed by atoms with van der Waals surface area (Å²) in [4.78, 5) is 0. The maximum atomic E-state index is 15.8. The molecule has 0 saturated carbocycles. The normalized spacial score (nSPS) is 13.7. The standard InChI is InChI=1S/C27H28F4O2S/c1-24(2,3)26(28,29)21-15-34-23-11-16(7-9-19(21)23)13-25(4,5)27(30,31)20-14-33-22-12-17(32-6)8-10-18(20)22/h7-12,14-15H,13H2,1-6H3. The third-order valence-electron chi connectivity index (χ3n) is 6.54. The Bertz CT molecular complexity index is 1340. The Morgan fingerprint density at radius 3 is 2.18 bits per heavy atom. The average molecular weight is 493 g/mol. The lowest BCUT2D eigenvalue weighted by Gasteiger charge is -2.34. The van der Waals surface area contributed by atoms with Crippen LogP contribution < -0.4 is 4.74 Å². The number of halogens is 4. The second kappa shape index (κ2) is 8.01. The molecule has 2 aromatic carbocycles. The van der Waals surface area contributed by atoms with Crippen LogP contribution in [-0.4, -0.2) is 7.11 Å². The van der Waals surface area contributed by atoms with Crippen molar-refractivity contribution in [3.63, 3.8) is 0 Å². The predicted molar refractivity (Wildman–Crippen MR) is 129 cm³/mol. The molecule has 0 radical (unpaired) electrons. The van der Waals surface area contributed by atoms with Crippen molar-refractivity contribution in [2.45, 2.75) is 52.9 Å². The van der Waals surface area contributed by atoms with Gasteiger partial charge < -0.3 is 9.15 Å². The van der Waals surface area contributed by atoms with Gasteiger partial charge in [-0.2, -0.15) is 0 Å². The van der Waals surface area contributed by atoms with Crippen molar-refractivity contribution in [3.8, 4) is 5.75 Å². The van der Waals surface area contributed by atoms with Crippen molar-refractivity contribution in [3.05, 3.63) is 64.7 Å². The van der Waals surface area contributed by atoms with E-state index in [0.717, 1.165) is 6.26 Å². The Morgan fingerprint density at radius 1 is 0.853 bits per heavy atom. The smallest absolute Gasteiger partial charge is 0.282 e. The van der Waals surface area contributed by atoms with E-state index in [0.29, 0.717) is 32.4 Å². The van der Waals surface area contributed by atoms with Crippen molar-refractivity contribution in [1.82, 2.24) is 0 Å². The van der Waals surface area contributed by atoms with Crippen LogP contribution in [0.3, 0.4) is 0 Å². The van der Waals surface area contributed by atoms with E-state index in [1.165, 1.54) is 58.4 Å². The molecule has 4 rings (SSSR count). The number of hydrogen-bond donors (Lipinski definition) is 0. The highest BCUT2D eigenvalue weighted by Gasteiger charge is 2.50. The van der Waals surface area contributed by atoms with Gasteiger partial charge in [-0.1, -0.05) is 46.8 Å². The summed E-state index contributed by atoms with van der Waals surface area (Å²) in [5.74, 6) is -5.69. The SMILES string of the molecule is COc1ccc2c(C(F)(F)C(C)(C)Cc3ccc4c(C(F)(F)C(C)(C)C)csc4c3)coc2c1. The molecule has 0 bridgehead atoms. The van der Waals surface area contributed by atoms with E-state index >= 15 is 8.78 Å². The number of rotatable bonds is 6. The maximum Gasteiger partial charge on any atom is 0.282 e. The molecule has 0 fully saturated rings. The van der Waals surface area contributed by atoms with Crippen LogP contribution in [0.5, 0.6) is 5.75 Å². The molecule has 2 heterocycles. The third-order valence-corrected chi connectivity index (χ3v) is 7.48. The summed E-state index contributed by atoms with van der Waals surface area (Å²) in [6.45, 7) is 7.53. The van der Waals surface area contributed by atoms with E-state index in [-0.39, 0.29) is 17.5 Å². The Labute approximate surface area is 200 Å². The number of hydrogen-bond acceptors (Lipinski definition) is 3. The maximum absolute atomic E-state index is 15.8. The minimum Gasteiger partial charge on any atom is -0.497 e. The summed E-state index contributed by atoms with van der Waals surface area (Å²) in [5.41, 5.74) is -1.90. The van der Waals surface area contributed by atoms with Crippen LogP contribution in [0.1, 0.15) is 51.3 Å². The zero-order chi connectivity index (χ0) is 25.1. The predicted octanol–water partition coefficient (Wildman–Crippen LogP) is 9.15. The van der Waals surface area contributed by atoms with E-state index in [1.54, 1.807) is 36.4 Å². The first kappa shape index (κ1) is 24.6. The molecule has 0 unspecified atom stereocenters. The molecular formula is C27H28F4O2S. The van der Waals surface area contributed by atoms with Crippen LogP contribution in [0.4, 0.5) is 17.6 Å². The van der Waals surface area contributed by atoms with Crippen molar-refractivity contribution < 1.29 is 26.7 Å². The van der Waals surface area contributed by atoms with Crippen LogP contribution in [0.15, 0.2) is 52.5 Å². The Hall–Kier alpha value is -2.54. The number of alkyl halides is 4. The van der Waals surface area contributed by atoms with Crippen LogP contribution in [0.25, 0.3) is 21.1 Å². The van der Waals surface area contributed by atoms with Crippen LogP contribution >= 0.6 is 11.3 Å². The summed E-state index contributed by atoms with van der Waals surface area (Å²) in [6.07, 6.45) is 1.16. The summed E-state index contributed by atoms with van der Waals surface area (Å²) in [5, 5.41) is 2.28. The van der Waals surface area contributed by atoms with Gasteiger partial charge >= 0.3 is 0 Å². The number of furan rings is 1. The summed E-state index contributed by atoms with van der Waals surface area (Å²) in [7, 11) is 1.50. The van der Waals surface area contributed by atoms with Gasteiger partial charge in [0.15, 0.2) is 0 Å². The highest BCUT2D eigenvalue weighted by molar-refractivity contribution is 7.17. The first-order valence-corrected chi connectivity index (χ1v) is 11.9. The summed E-state index contributed by atoms with van der Waals surface area (Å²) in [6, 6.07) is 9.83. The largest absolute Gasteiger partial charge is 0.497 e. The zero-order valence-corrected chi connectivity index (χ0v) is 20.9. The molecule has 0 atom stereocenters. The van der Waals surface area contributed by atoms with Gasteiger partial charge in [0.25, 0.3) is 11.8 Å². The fourth-order valence-electron chi connectivity index (χ4n) is 4.19. The number of benzene rings is 2. The molecule has 2 aromatic heterocycles. The van der Waals surface area contributed by atoms with Crippen LogP contribution in [-0.2, 0) is 18.3 Å². The van der Waals surface area contributed by atoms with Gasteiger partial charge in [0, 0.05) is 43.3 Å². The first-order valence-electron chi connectivity index (χ1n) is 11.0. The van der Waals surface area contributed by atoms with E-state index in [1.807, 2.05) is 0 Å². The lowest BCUT2D eigenvalue weighted by atomic mass is 9.76. The Balaban J connectivity index is 1.67. The number of methoxy groups -OCH3 is 1. The lowest BCUT2D eigenvalue weighted by Crippen LogP contribution is -2.35. The molecule has 4 aromatic rings. The van der Waals surface area contributed by atoms with Crippen molar-refractivity contribution in [2.75, 3.05) is 7.11 Å². The molecule has 7 heteroatoms. The van der Waals surface area contributed by atoms with Crippen molar-refractivity contribution in [1.29, 1.82) is 0 Å². The molecule has 0 amide bonds. The van der Waals surface area contributed by atoms with Gasteiger partial charge in [0.05, 0.1) is 12.7 Å². The van der Waals surface area contributed by atoms with Crippen LogP contribution in [0, 0.1) is 10.8 Å². The summed E-state index contributed by atoms with van der Waals surface area (Å²) >= 11 is 1.21. The second-order valence-corrected chi connectivity index (χ2v) is 11.4. The van der Waals surface area contributed by atoms with E-state index in [4.69, 9.17) is 9.15 Å². The topological polar surface area (TPSA) is 22.4 Å². The van der Waals surface area contributed by atoms with Crippen molar-refractivity contribution >= 4 is 32.4 Å². The molecule has 0 aliphatic heterocycles. The first-order chi connectivity index (χ1) is 15.7. The molecule has 0 spiro atoms. The molecule has 2 nitrogen and oxygen atoms in total. The summed E-state index contributed by atoms with van der Waals surface area (Å²) < 4.78 is 72.7. The Kier molecular flexibility index (Phi) is 5.79. The van der Waals surface area contributed by atoms with E-state index < -0.39 is 22.7 Å². The Morgan fingerprint density at radius 2 is 1.53 bits per heavy atom. The van der Waals surface area contributed by atoms with Gasteiger partial charge in [-0.25, -0.2) is 17.6 Å². The minimum atomic E-state index is -3.21. The molecular weight excluding hydrogens is 464 g/mol. The minimum absolute atomic E-state index is 0.0172. The quantitative estimate of drug-likeness (QED) is 0.250. The van der Waals surface area contributed by atoms with Gasteiger partial charge in [0.1, 0.15) is 17.6 Å². The monoisotopic (exact) mass is 492 g/mol. The van der Waals surface area contributed by atoms with E-state index in [9.17, 15) is 8.78 Å². The van der Waals surface area contributed by atoms with Gasteiger partial charge in [0.2, 0.25) is 0 Å². The number of ether oxygens (including phenoxy) is 1. The lowest BCUT2D eigenvalue weighted by molar-refractivity contribution is -0.112. The number of fused-ring (bicyclic) bond motifs is 2. The third kappa shape index (κ3) is 3.88. The highest BCUT2D eigenvalue weighted by Crippen LogP contribution is 2.51. The fourth-order valence-corrected chi connectivity index (χ4v) is 5.24. The molecule has 0 saturated heterocycles. The van der Waals surface area contributed by atoms with Gasteiger partial charge in [-0.05, 0) is 30.2 Å². The van der Waals surface area contributed by atoms with Crippen molar-refractivity contribution in [2.24, 2.45) is 10.8 Å². The van der Waals surface area contributed by atoms with Gasteiger partial charge in [-0.3, -0.25) is 0 Å². The molecule has 34 heavy (non-hydrogen) atoms. The second-order valence-electron chi connectivity index (χ2n) is 10.5. The molecule has 182 valence electrons. The highest BCUT2D eigenvalue weighted by atomic mass is 32.1. The van der Waals surface area contributed by atoms with Gasteiger partial charge in [-0.15, -0.1) is 11.3 Å².